The molecule has 0 radical (unpaired) electrons. The lowest BCUT2D eigenvalue weighted by Crippen LogP contribution is -2.42. The van der Waals surface area contributed by atoms with Crippen LogP contribution in [0.3, 0.4) is 0 Å². The van der Waals surface area contributed by atoms with Gasteiger partial charge in [0.05, 0.1) is 17.5 Å². The number of sulfonamides is 1. The third-order valence-electron chi connectivity index (χ3n) is 3.41. The van der Waals surface area contributed by atoms with Crippen molar-refractivity contribution in [3.63, 3.8) is 0 Å². The number of primary sulfonamides is 1. The van der Waals surface area contributed by atoms with Crippen LogP contribution in [0, 0.1) is 0 Å². The highest BCUT2D eigenvalue weighted by molar-refractivity contribution is 7.89. The van der Waals surface area contributed by atoms with Crippen molar-refractivity contribution in [2.75, 3.05) is 23.8 Å². The molecule has 19 heavy (non-hydrogen) atoms. The molecule has 7 heteroatoms. The number of hydrogen-bond acceptors (Lipinski definition) is 5. The van der Waals surface area contributed by atoms with Crippen molar-refractivity contribution < 1.29 is 13.5 Å². The van der Waals surface area contributed by atoms with Crippen molar-refractivity contribution in [3.8, 4) is 0 Å². The van der Waals surface area contributed by atoms with Gasteiger partial charge in [0.2, 0.25) is 10.0 Å². The lowest BCUT2D eigenvalue weighted by molar-refractivity contribution is 0.240. The maximum absolute atomic E-state index is 11.4. The molecule has 1 aromatic rings. The fraction of sp³-hybridized carbons (Fsp3) is 0.500. The molecule has 1 aromatic carbocycles. The van der Waals surface area contributed by atoms with E-state index in [1.165, 1.54) is 12.1 Å². The quantitative estimate of drug-likeness (QED) is 0.690. The van der Waals surface area contributed by atoms with Crippen molar-refractivity contribution in [2.45, 2.75) is 30.2 Å². The second-order valence-electron chi connectivity index (χ2n) is 4.83. The van der Waals surface area contributed by atoms with Gasteiger partial charge in [0, 0.05) is 17.9 Å². The number of anilines is 2. The monoisotopic (exact) mass is 285 g/mol. The highest BCUT2D eigenvalue weighted by atomic mass is 32.2. The van der Waals surface area contributed by atoms with Gasteiger partial charge in [0.1, 0.15) is 0 Å². The van der Waals surface area contributed by atoms with Crippen LogP contribution in [0.1, 0.15) is 19.3 Å². The maximum atomic E-state index is 11.4. The molecule has 1 unspecified atom stereocenters. The summed E-state index contributed by atoms with van der Waals surface area (Å²) < 4.78 is 22.9. The molecule has 1 saturated heterocycles. The first-order valence-electron chi connectivity index (χ1n) is 6.22. The number of nitrogen functional groups attached to an aromatic ring is 1. The number of aliphatic hydroxyl groups excluding tert-OH is 1. The molecule has 0 spiro atoms. The summed E-state index contributed by atoms with van der Waals surface area (Å²) in [4.78, 5) is 2.00. The number of rotatable bonds is 3. The first kappa shape index (κ1) is 14.1. The standard InChI is InChI=1S/C12H19N3O3S/c13-9-5-11(7-12(6-9)19(14,17)18)15-4-2-1-3-10(15)8-16/h5-7,10,16H,1-4,8,13H2,(H2,14,17,18). The molecule has 0 saturated carbocycles. The van der Waals surface area contributed by atoms with Crippen molar-refractivity contribution in [1.29, 1.82) is 0 Å². The smallest absolute Gasteiger partial charge is 0.238 e. The third kappa shape index (κ3) is 3.17. The second-order valence-corrected chi connectivity index (χ2v) is 6.39. The zero-order valence-electron chi connectivity index (χ0n) is 10.6. The lowest BCUT2D eigenvalue weighted by Gasteiger charge is -2.36. The molecule has 6 nitrogen and oxygen atoms in total. The van der Waals surface area contributed by atoms with Crippen LogP contribution in [0.5, 0.6) is 0 Å². The summed E-state index contributed by atoms with van der Waals surface area (Å²) >= 11 is 0. The van der Waals surface area contributed by atoms with E-state index in [-0.39, 0.29) is 17.5 Å². The Bertz CT molecular complexity index is 559. The third-order valence-corrected chi connectivity index (χ3v) is 4.30. The summed E-state index contributed by atoms with van der Waals surface area (Å²) in [6, 6.07) is 4.57. The first-order chi connectivity index (χ1) is 8.91. The predicted octanol–water partition coefficient (Wildman–Crippen LogP) is 0.267. The lowest BCUT2D eigenvalue weighted by atomic mass is 10.0. The van der Waals surface area contributed by atoms with Crippen LogP contribution in [0.25, 0.3) is 0 Å². The summed E-state index contributed by atoms with van der Waals surface area (Å²) in [6.45, 7) is 0.818. The predicted molar refractivity (Wildman–Crippen MR) is 74.3 cm³/mol. The van der Waals surface area contributed by atoms with E-state index in [1.54, 1.807) is 6.07 Å². The Hall–Kier alpha value is -1.31. The molecule has 0 bridgehead atoms. The van der Waals surface area contributed by atoms with Gasteiger partial charge in [-0.15, -0.1) is 0 Å². The van der Waals surface area contributed by atoms with Gasteiger partial charge >= 0.3 is 0 Å². The molecule has 1 atom stereocenters. The molecule has 5 N–H and O–H groups in total. The van der Waals surface area contributed by atoms with Gasteiger partial charge in [-0.3, -0.25) is 0 Å². The molecule has 0 aromatic heterocycles. The fourth-order valence-corrected chi connectivity index (χ4v) is 3.05. The normalized spacial score (nSPS) is 20.5. The van der Waals surface area contributed by atoms with Gasteiger partial charge in [-0.05, 0) is 37.5 Å². The highest BCUT2D eigenvalue weighted by Gasteiger charge is 2.23. The van der Waals surface area contributed by atoms with Crippen LogP contribution in [0.4, 0.5) is 11.4 Å². The highest BCUT2D eigenvalue weighted by Crippen LogP contribution is 2.28. The molecule has 1 heterocycles. The molecule has 1 fully saturated rings. The molecule has 1 aliphatic heterocycles. The number of piperidine rings is 1. The molecule has 1 aliphatic rings. The molecule has 106 valence electrons. The topological polar surface area (TPSA) is 110 Å². The minimum atomic E-state index is -3.78. The minimum Gasteiger partial charge on any atom is -0.399 e. The van der Waals surface area contributed by atoms with Crippen LogP contribution in [0.2, 0.25) is 0 Å². The zero-order chi connectivity index (χ0) is 14.0. The van der Waals surface area contributed by atoms with Crippen LogP contribution >= 0.6 is 0 Å². The SMILES string of the molecule is Nc1cc(N2CCCCC2CO)cc(S(N)(=O)=O)c1. The summed E-state index contributed by atoms with van der Waals surface area (Å²) in [5, 5.41) is 14.5. The second kappa shape index (κ2) is 5.36. The number of hydrogen-bond donors (Lipinski definition) is 3. The summed E-state index contributed by atoms with van der Waals surface area (Å²) in [5.74, 6) is 0. The van der Waals surface area contributed by atoms with E-state index in [0.29, 0.717) is 11.4 Å². The Morgan fingerprint density at radius 1 is 1.32 bits per heavy atom. The molecular formula is C12H19N3O3S. The molecular weight excluding hydrogens is 266 g/mol. The largest absolute Gasteiger partial charge is 0.399 e. The average Bonchev–Trinajstić information content (AvgIpc) is 2.37. The minimum absolute atomic E-state index is 0.00359. The summed E-state index contributed by atoms with van der Waals surface area (Å²) in [6.07, 6.45) is 2.96. The van der Waals surface area contributed by atoms with Crippen molar-refractivity contribution >= 4 is 21.4 Å². The van der Waals surface area contributed by atoms with Gasteiger partial charge in [-0.1, -0.05) is 0 Å². The van der Waals surface area contributed by atoms with E-state index >= 15 is 0 Å². The first-order valence-corrected chi connectivity index (χ1v) is 7.77. The molecule has 2 rings (SSSR count). The summed E-state index contributed by atoms with van der Waals surface area (Å²) in [5.41, 5.74) is 6.79. The van der Waals surface area contributed by atoms with Gasteiger partial charge < -0.3 is 15.7 Å². The van der Waals surface area contributed by atoms with Crippen LogP contribution in [-0.4, -0.2) is 32.7 Å². The van der Waals surface area contributed by atoms with Crippen molar-refractivity contribution in [2.24, 2.45) is 5.14 Å². The Balaban J connectivity index is 2.41. The number of benzene rings is 1. The number of aliphatic hydroxyl groups is 1. The van der Waals surface area contributed by atoms with Gasteiger partial charge in [0.15, 0.2) is 0 Å². The van der Waals surface area contributed by atoms with E-state index in [0.717, 1.165) is 25.8 Å². The van der Waals surface area contributed by atoms with E-state index < -0.39 is 10.0 Å². The van der Waals surface area contributed by atoms with E-state index in [2.05, 4.69) is 0 Å². The Kier molecular flexibility index (Phi) is 3.98. The maximum Gasteiger partial charge on any atom is 0.238 e. The zero-order valence-corrected chi connectivity index (χ0v) is 11.4. The summed E-state index contributed by atoms with van der Waals surface area (Å²) in [7, 11) is -3.78. The Morgan fingerprint density at radius 2 is 2.05 bits per heavy atom. The molecule has 0 aliphatic carbocycles. The van der Waals surface area contributed by atoms with Gasteiger partial charge in [-0.25, -0.2) is 13.6 Å². The fourth-order valence-electron chi connectivity index (χ4n) is 2.47. The van der Waals surface area contributed by atoms with E-state index in [9.17, 15) is 13.5 Å². The van der Waals surface area contributed by atoms with Crippen LogP contribution < -0.4 is 15.8 Å². The van der Waals surface area contributed by atoms with Crippen molar-refractivity contribution in [1.82, 2.24) is 0 Å². The van der Waals surface area contributed by atoms with E-state index in [1.807, 2.05) is 4.90 Å². The van der Waals surface area contributed by atoms with Gasteiger partial charge in [0.25, 0.3) is 0 Å². The van der Waals surface area contributed by atoms with Crippen LogP contribution in [-0.2, 0) is 10.0 Å². The van der Waals surface area contributed by atoms with Crippen LogP contribution in [0.15, 0.2) is 23.1 Å². The molecule has 0 amide bonds. The average molecular weight is 285 g/mol. The Labute approximate surface area is 113 Å². The Morgan fingerprint density at radius 3 is 2.68 bits per heavy atom. The van der Waals surface area contributed by atoms with Crippen molar-refractivity contribution in [3.05, 3.63) is 18.2 Å². The van der Waals surface area contributed by atoms with E-state index in [4.69, 9.17) is 10.9 Å². The van der Waals surface area contributed by atoms with Gasteiger partial charge in [-0.2, -0.15) is 0 Å². The number of nitrogens with two attached hydrogens (primary N) is 2. The number of nitrogens with zero attached hydrogens (tertiary/aromatic N) is 1.